The van der Waals surface area contributed by atoms with Gasteiger partial charge in [0.25, 0.3) is 10.0 Å². The average molecular weight is 415 g/mol. The Morgan fingerprint density at radius 1 is 1.11 bits per heavy atom. The molecule has 9 heteroatoms. The molecule has 0 radical (unpaired) electrons. The second-order valence-electron chi connectivity index (χ2n) is 5.56. The van der Waals surface area contributed by atoms with Crippen LogP contribution >= 0.6 is 11.3 Å². The molecular weight excluding hydrogens is 398 g/mol. The largest absolute Gasteiger partial charge is 0.497 e. The number of thiazole rings is 1. The standard InChI is InChI=1S/C19H17N3O4S2/c1-26-16-7-2-14(3-8-16)4-11-18(23)21-15-5-9-17(10-6-15)28(24,25)22-19-20-12-13-27-19/h2-13H,1H3,(H,20,22)(H,21,23)/b11-4+. The van der Waals surface area contributed by atoms with Crippen molar-refractivity contribution in [1.29, 1.82) is 0 Å². The van der Waals surface area contributed by atoms with Crippen molar-refractivity contribution >= 4 is 44.2 Å². The summed E-state index contributed by atoms with van der Waals surface area (Å²) in [6, 6.07) is 13.1. The van der Waals surface area contributed by atoms with E-state index in [-0.39, 0.29) is 10.8 Å². The van der Waals surface area contributed by atoms with E-state index >= 15 is 0 Å². The van der Waals surface area contributed by atoms with Crippen LogP contribution in [0.25, 0.3) is 6.08 Å². The highest BCUT2D eigenvalue weighted by atomic mass is 32.2. The van der Waals surface area contributed by atoms with Gasteiger partial charge in [0.15, 0.2) is 5.13 Å². The third-order valence-corrected chi connectivity index (χ3v) is 5.80. The molecule has 28 heavy (non-hydrogen) atoms. The fourth-order valence-corrected chi connectivity index (χ4v) is 4.02. The Morgan fingerprint density at radius 2 is 1.82 bits per heavy atom. The summed E-state index contributed by atoms with van der Waals surface area (Å²) in [7, 11) is -2.13. The van der Waals surface area contributed by atoms with Crippen molar-refractivity contribution < 1.29 is 17.9 Å². The summed E-state index contributed by atoms with van der Waals surface area (Å²) in [5.74, 6) is 0.410. The Kier molecular flexibility index (Phi) is 6.07. The first-order valence-electron chi connectivity index (χ1n) is 8.12. The molecule has 7 nitrogen and oxygen atoms in total. The van der Waals surface area contributed by atoms with Gasteiger partial charge in [-0.05, 0) is 48.0 Å². The number of rotatable bonds is 7. The van der Waals surface area contributed by atoms with Crippen molar-refractivity contribution in [3.63, 3.8) is 0 Å². The van der Waals surface area contributed by atoms with Gasteiger partial charge in [-0.3, -0.25) is 9.52 Å². The van der Waals surface area contributed by atoms with E-state index in [4.69, 9.17) is 4.74 Å². The lowest BCUT2D eigenvalue weighted by Gasteiger charge is -2.07. The first-order valence-corrected chi connectivity index (χ1v) is 10.5. The molecule has 3 rings (SSSR count). The van der Waals surface area contributed by atoms with Crippen molar-refractivity contribution in [2.45, 2.75) is 4.90 Å². The van der Waals surface area contributed by atoms with E-state index in [9.17, 15) is 13.2 Å². The number of aromatic nitrogens is 1. The Labute approximate surface area is 166 Å². The predicted octanol–water partition coefficient (Wildman–Crippen LogP) is 3.60. The van der Waals surface area contributed by atoms with Crippen LogP contribution in [0.15, 0.2) is 71.1 Å². The van der Waals surface area contributed by atoms with Gasteiger partial charge < -0.3 is 10.1 Å². The van der Waals surface area contributed by atoms with E-state index in [0.29, 0.717) is 10.8 Å². The number of ether oxygens (including phenoxy) is 1. The fraction of sp³-hybridized carbons (Fsp3) is 0.0526. The zero-order valence-corrected chi connectivity index (χ0v) is 16.5. The fourth-order valence-electron chi connectivity index (χ4n) is 2.24. The van der Waals surface area contributed by atoms with Gasteiger partial charge in [-0.2, -0.15) is 0 Å². The van der Waals surface area contributed by atoms with Crippen molar-refractivity contribution in [3.8, 4) is 5.75 Å². The molecule has 3 aromatic rings. The van der Waals surface area contributed by atoms with Crippen LogP contribution in [0.4, 0.5) is 10.8 Å². The van der Waals surface area contributed by atoms with Crippen molar-refractivity contribution in [2.75, 3.05) is 17.1 Å². The smallest absolute Gasteiger partial charge is 0.263 e. The molecule has 144 valence electrons. The highest BCUT2D eigenvalue weighted by Gasteiger charge is 2.15. The van der Waals surface area contributed by atoms with Crippen LogP contribution in [0.1, 0.15) is 5.56 Å². The molecule has 0 aliphatic rings. The first kappa shape index (κ1) is 19.6. The molecule has 0 fully saturated rings. The molecule has 0 bridgehead atoms. The summed E-state index contributed by atoms with van der Waals surface area (Å²) in [6.45, 7) is 0. The zero-order valence-electron chi connectivity index (χ0n) is 14.8. The van der Waals surface area contributed by atoms with E-state index in [0.717, 1.165) is 11.3 Å². The molecular formula is C19H17N3O4S2. The molecule has 2 aromatic carbocycles. The third-order valence-electron chi connectivity index (χ3n) is 3.63. The maximum Gasteiger partial charge on any atom is 0.263 e. The number of carbonyl (C=O) groups excluding carboxylic acids is 1. The Morgan fingerprint density at radius 3 is 2.43 bits per heavy atom. The molecule has 1 amide bonds. The molecule has 2 N–H and O–H groups in total. The number of hydrogen-bond donors (Lipinski definition) is 2. The van der Waals surface area contributed by atoms with Gasteiger partial charge in [0, 0.05) is 23.3 Å². The highest BCUT2D eigenvalue weighted by Crippen LogP contribution is 2.19. The van der Waals surface area contributed by atoms with E-state index in [1.54, 1.807) is 30.7 Å². The number of anilines is 2. The molecule has 0 saturated heterocycles. The lowest BCUT2D eigenvalue weighted by Crippen LogP contribution is -2.13. The van der Waals surface area contributed by atoms with Crippen molar-refractivity contribution in [3.05, 3.63) is 71.7 Å². The maximum atomic E-state index is 12.3. The minimum atomic E-state index is -3.72. The predicted molar refractivity (Wildman–Crippen MR) is 110 cm³/mol. The van der Waals surface area contributed by atoms with Crippen LogP contribution in [0.3, 0.4) is 0 Å². The third kappa shape index (κ3) is 5.18. The first-order chi connectivity index (χ1) is 13.5. The van der Waals surface area contributed by atoms with Crippen molar-refractivity contribution in [2.24, 2.45) is 0 Å². The Hall–Kier alpha value is -3.17. The summed E-state index contributed by atoms with van der Waals surface area (Å²) < 4.78 is 32.0. The van der Waals surface area contributed by atoms with Crippen LogP contribution in [-0.2, 0) is 14.8 Å². The van der Waals surface area contributed by atoms with Crippen LogP contribution < -0.4 is 14.8 Å². The maximum absolute atomic E-state index is 12.3. The topological polar surface area (TPSA) is 97.4 Å². The molecule has 1 heterocycles. The molecule has 0 saturated carbocycles. The minimum absolute atomic E-state index is 0.0782. The number of nitrogens with zero attached hydrogens (tertiary/aromatic N) is 1. The van der Waals surface area contributed by atoms with Gasteiger partial charge in [-0.25, -0.2) is 13.4 Å². The zero-order chi connectivity index (χ0) is 20.0. The van der Waals surface area contributed by atoms with Crippen LogP contribution in [-0.4, -0.2) is 26.4 Å². The number of nitrogens with one attached hydrogen (secondary N) is 2. The monoisotopic (exact) mass is 415 g/mol. The Balaban J connectivity index is 1.61. The molecule has 0 atom stereocenters. The number of benzene rings is 2. The van der Waals surface area contributed by atoms with Crippen LogP contribution in [0, 0.1) is 0 Å². The Bertz CT molecular complexity index is 1060. The van der Waals surface area contributed by atoms with E-state index in [1.165, 1.54) is 47.9 Å². The van der Waals surface area contributed by atoms with E-state index < -0.39 is 10.0 Å². The van der Waals surface area contributed by atoms with Crippen LogP contribution in [0.5, 0.6) is 5.75 Å². The van der Waals surface area contributed by atoms with Gasteiger partial charge in [0.05, 0.1) is 12.0 Å². The van der Waals surface area contributed by atoms with Gasteiger partial charge in [-0.1, -0.05) is 12.1 Å². The molecule has 0 aliphatic heterocycles. The SMILES string of the molecule is COc1ccc(/C=C/C(=O)Nc2ccc(S(=O)(=O)Nc3nccs3)cc2)cc1. The van der Waals surface area contributed by atoms with Gasteiger partial charge in [0.1, 0.15) is 5.75 Å². The summed E-state index contributed by atoms with van der Waals surface area (Å²) in [4.78, 5) is 16.0. The molecule has 0 aliphatic carbocycles. The average Bonchev–Trinajstić information content (AvgIpc) is 3.19. The number of amides is 1. The second kappa shape index (κ2) is 8.68. The number of hydrogen-bond acceptors (Lipinski definition) is 6. The van der Waals surface area contributed by atoms with E-state index in [1.807, 2.05) is 12.1 Å². The number of methoxy groups -OCH3 is 1. The van der Waals surface area contributed by atoms with Gasteiger partial charge in [0.2, 0.25) is 5.91 Å². The molecule has 0 spiro atoms. The summed E-state index contributed by atoms with van der Waals surface area (Å²) >= 11 is 1.19. The summed E-state index contributed by atoms with van der Waals surface area (Å²) in [5.41, 5.74) is 1.34. The summed E-state index contributed by atoms with van der Waals surface area (Å²) in [6.07, 6.45) is 4.59. The normalized spacial score (nSPS) is 11.3. The van der Waals surface area contributed by atoms with Gasteiger partial charge >= 0.3 is 0 Å². The minimum Gasteiger partial charge on any atom is -0.497 e. The highest BCUT2D eigenvalue weighted by molar-refractivity contribution is 7.93. The van der Waals surface area contributed by atoms with Crippen molar-refractivity contribution in [1.82, 2.24) is 4.98 Å². The number of sulfonamides is 1. The van der Waals surface area contributed by atoms with E-state index in [2.05, 4.69) is 15.0 Å². The van der Waals surface area contributed by atoms with Gasteiger partial charge in [-0.15, -0.1) is 11.3 Å². The number of carbonyl (C=O) groups is 1. The molecule has 1 aromatic heterocycles. The van der Waals surface area contributed by atoms with Crippen LogP contribution in [0.2, 0.25) is 0 Å². The lowest BCUT2D eigenvalue weighted by atomic mass is 10.2. The quantitative estimate of drug-likeness (QED) is 0.575. The molecule has 0 unspecified atom stereocenters. The summed E-state index contributed by atoms with van der Waals surface area (Å²) in [5, 5.41) is 4.65. The lowest BCUT2D eigenvalue weighted by molar-refractivity contribution is -0.111. The second-order valence-corrected chi connectivity index (χ2v) is 8.14.